The molecule has 3 rings (SSSR count). The highest BCUT2D eigenvalue weighted by Gasteiger charge is 2.42. The molecule has 2 aliphatic heterocycles. The standard InChI is InChI=1S/C20H27N3O5S/c1-3-15(20(25)28-4-2)23-16-11-7-8-12-17(16)29(26,27)18(21-23)19(24)22-13-9-5-6-10-14-22/h7-8,11-12,15H,3-6,9-10,13-14H2,1-2H3/t15-/m1/s1. The molecule has 1 saturated heterocycles. The van der Waals surface area contributed by atoms with Crippen molar-refractivity contribution in [2.75, 3.05) is 24.7 Å². The molecule has 0 unspecified atom stereocenters. The van der Waals surface area contributed by atoms with Gasteiger partial charge >= 0.3 is 5.97 Å². The summed E-state index contributed by atoms with van der Waals surface area (Å²) in [5.74, 6) is -1.11. The fourth-order valence-electron chi connectivity index (χ4n) is 3.67. The Kier molecular flexibility index (Phi) is 6.56. The van der Waals surface area contributed by atoms with Crippen molar-refractivity contribution in [3.63, 3.8) is 0 Å². The van der Waals surface area contributed by atoms with Crippen LogP contribution in [0.25, 0.3) is 0 Å². The molecule has 1 aromatic rings. The minimum absolute atomic E-state index is 0.0177. The number of anilines is 1. The van der Waals surface area contributed by atoms with Gasteiger partial charge in [-0.15, -0.1) is 0 Å². The second-order valence-electron chi connectivity index (χ2n) is 7.10. The second-order valence-corrected chi connectivity index (χ2v) is 8.94. The molecule has 1 amide bonds. The number of likely N-dealkylation sites (tertiary alicyclic amines) is 1. The van der Waals surface area contributed by atoms with Crippen LogP contribution in [-0.2, 0) is 24.2 Å². The third kappa shape index (κ3) is 4.14. The maximum Gasteiger partial charge on any atom is 0.330 e. The number of ether oxygens (including phenoxy) is 1. The Labute approximate surface area is 171 Å². The van der Waals surface area contributed by atoms with E-state index in [4.69, 9.17) is 4.74 Å². The van der Waals surface area contributed by atoms with Crippen LogP contribution in [0.15, 0.2) is 34.3 Å². The molecule has 158 valence electrons. The summed E-state index contributed by atoms with van der Waals surface area (Å²) in [6, 6.07) is 5.49. The maximum atomic E-state index is 13.2. The minimum atomic E-state index is -4.09. The number of rotatable bonds is 5. The van der Waals surface area contributed by atoms with Crippen molar-refractivity contribution in [2.45, 2.75) is 56.9 Å². The summed E-state index contributed by atoms with van der Waals surface area (Å²) in [7, 11) is -4.09. The van der Waals surface area contributed by atoms with Crippen molar-refractivity contribution < 1.29 is 22.7 Å². The summed E-state index contributed by atoms with van der Waals surface area (Å²) < 4.78 is 31.6. The summed E-state index contributed by atoms with van der Waals surface area (Å²) >= 11 is 0. The Morgan fingerprint density at radius 1 is 1.10 bits per heavy atom. The monoisotopic (exact) mass is 421 g/mol. The molecule has 8 nitrogen and oxygen atoms in total. The third-order valence-corrected chi connectivity index (χ3v) is 6.86. The molecule has 0 aliphatic carbocycles. The van der Waals surface area contributed by atoms with Gasteiger partial charge in [0, 0.05) is 13.1 Å². The normalized spacial score (nSPS) is 19.6. The summed E-state index contributed by atoms with van der Waals surface area (Å²) in [6.07, 6.45) is 4.04. The molecule has 0 aromatic heterocycles. The van der Waals surface area contributed by atoms with E-state index in [-0.39, 0.29) is 17.2 Å². The van der Waals surface area contributed by atoms with Crippen LogP contribution in [-0.4, -0.2) is 56.0 Å². The fourth-order valence-corrected chi connectivity index (χ4v) is 5.12. The lowest BCUT2D eigenvalue weighted by Crippen LogP contribution is -2.47. The van der Waals surface area contributed by atoms with Gasteiger partial charge in [-0.2, -0.15) is 5.10 Å². The van der Waals surface area contributed by atoms with Crippen LogP contribution in [0.2, 0.25) is 0 Å². The number of para-hydroxylation sites is 1. The largest absolute Gasteiger partial charge is 0.464 e. The van der Waals surface area contributed by atoms with Gasteiger partial charge in [-0.25, -0.2) is 18.2 Å². The Morgan fingerprint density at radius 2 is 1.76 bits per heavy atom. The summed E-state index contributed by atoms with van der Waals surface area (Å²) in [5.41, 5.74) is 0.278. The van der Waals surface area contributed by atoms with Gasteiger partial charge in [0.15, 0.2) is 0 Å². The number of carbonyl (C=O) groups is 2. The number of hydrazone groups is 1. The van der Waals surface area contributed by atoms with E-state index in [1.165, 1.54) is 11.1 Å². The highest BCUT2D eigenvalue weighted by Crippen LogP contribution is 2.34. The van der Waals surface area contributed by atoms with Crippen molar-refractivity contribution in [1.82, 2.24) is 4.90 Å². The van der Waals surface area contributed by atoms with Crippen LogP contribution in [0, 0.1) is 0 Å². The third-order valence-electron chi connectivity index (χ3n) is 5.17. The van der Waals surface area contributed by atoms with Gasteiger partial charge in [0.1, 0.15) is 6.04 Å². The van der Waals surface area contributed by atoms with Crippen LogP contribution in [0.4, 0.5) is 5.69 Å². The van der Waals surface area contributed by atoms with Gasteiger partial charge in [0.05, 0.1) is 17.2 Å². The number of nitrogens with zero attached hydrogens (tertiary/aromatic N) is 3. The van der Waals surface area contributed by atoms with E-state index >= 15 is 0 Å². The van der Waals surface area contributed by atoms with Gasteiger partial charge in [-0.3, -0.25) is 4.79 Å². The number of amides is 1. The molecular weight excluding hydrogens is 394 g/mol. The van der Waals surface area contributed by atoms with Crippen molar-refractivity contribution >= 4 is 32.4 Å². The zero-order valence-corrected chi connectivity index (χ0v) is 17.7. The molecule has 0 N–H and O–H groups in total. The zero-order valence-electron chi connectivity index (χ0n) is 16.8. The van der Waals surface area contributed by atoms with Crippen molar-refractivity contribution in [3.8, 4) is 0 Å². The van der Waals surface area contributed by atoms with E-state index in [1.54, 1.807) is 36.9 Å². The zero-order chi connectivity index (χ0) is 21.0. The first kappa shape index (κ1) is 21.3. The van der Waals surface area contributed by atoms with Crippen LogP contribution in [0.1, 0.15) is 46.0 Å². The molecule has 1 fully saturated rings. The van der Waals surface area contributed by atoms with Crippen molar-refractivity contribution in [2.24, 2.45) is 5.10 Å². The lowest BCUT2D eigenvalue weighted by atomic mass is 10.2. The molecule has 1 aromatic carbocycles. The highest BCUT2D eigenvalue weighted by molar-refractivity contribution is 8.08. The predicted octanol–water partition coefficient (Wildman–Crippen LogP) is 2.34. The first-order valence-corrected chi connectivity index (χ1v) is 11.6. The topological polar surface area (TPSA) is 96.3 Å². The molecule has 0 radical (unpaired) electrons. The van der Waals surface area contributed by atoms with Gasteiger partial charge in [-0.1, -0.05) is 31.9 Å². The summed E-state index contributed by atoms with van der Waals surface area (Å²) in [6.45, 7) is 4.70. The van der Waals surface area contributed by atoms with Crippen LogP contribution < -0.4 is 5.01 Å². The van der Waals surface area contributed by atoms with E-state index in [0.717, 1.165) is 25.7 Å². The fraction of sp³-hybridized carbons (Fsp3) is 0.550. The molecule has 0 bridgehead atoms. The Bertz CT molecular complexity index is 904. The Balaban J connectivity index is 2.08. The highest BCUT2D eigenvalue weighted by atomic mass is 32.2. The molecule has 0 saturated carbocycles. The molecule has 29 heavy (non-hydrogen) atoms. The van der Waals surface area contributed by atoms with E-state index in [9.17, 15) is 18.0 Å². The second kappa shape index (κ2) is 8.94. The smallest absolute Gasteiger partial charge is 0.330 e. The van der Waals surface area contributed by atoms with Gasteiger partial charge < -0.3 is 9.64 Å². The summed E-state index contributed by atoms with van der Waals surface area (Å²) in [5, 5.41) is 5.03. The van der Waals surface area contributed by atoms with E-state index in [0.29, 0.717) is 19.5 Å². The first-order valence-electron chi connectivity index (χ1n) is 10.1. The molecule has 2 aliphatic rings. The summed E-state index contributed by atoms with van der Waals surface area (Å²) in [4.78, 5) is 27.2. The predicted molar refractivity (Wildman–Crippen MR) is 109 cm³/mol. The molecule has 0 spiro atoms. The van der Waals surface area contributed by atoms with Crippen LogP contribution >= 0.6 is 0 Å². The average Bonchev–Trinajstić information content (AvgIpc) is 2.99. The number of fused-ring (bicyclic) bond motifs is 1. The van der Waals surface area contributed by atoms with E-state index < -0.39 is 32.8 Å². The lowest BCUT2D eigenvalue weighted by Gasteiger charge is -2.33. The number of hydrogen-bond acceptors (Lipinski definition) is 7. The molecular formula is C20H27N3O5S. The number of hydrogen-bond donors (Lipinski definition) is 0. The van der Waals surface area contributed by atoms with Crippen molar-refractivity contribution in [3.05, 3.63) is 24.3 Å². The Hall–Kier alpha value is -2.42. The Morgan fingerprint density at radius 3 is 2.38 bits per heavy atom. The van der Waals surface area contributed by atoms with Gasteiger partial charge in [-0.05, 0) is 38.3 Å². The van der Waals surface area contributed by atoms with E-state index in [1.807, 2.05) is 0 Å². The number of benzene rings is 1. The number of sulfone groups is 1. The van der Waals surface area contributed by atoms with Crippen molar-refractivity contribution in [1.29, 1.82) is 0 Å². The molecule has 2 heterocycles. The quantitative estimate of drug-likeness (QED) is 0.677. The van der Waals surface area contributed by atoms with Crippen LogP contribution in [0.5, 0.6) is 0 Å². The number of esters is 1. The average molecular weight is 422 g/mol. The maximum absolute atomic E-state index is 13.2. The van der Waals surface area contributed by atoms with Crippen LogP contribution in [0.3, 0.4) is 0 Å². The number of carbonyl (C=O) groups excluding carboxylic acids is 2. The van der Waals surface area contributed by atoms with Gasteiger partial charge in [0.25, 0.3) is 5.91 Å². The lowest BCUT2D eigenvalue weighted by molar-refractivity contribution is -0.144. The molecule has 9 heteroatoms. The van der Waals surface area contributed by atoms with E-state index in [2.05, 4.69) is 5.10 Å². The minimum Gasteiger partial charge on any atom is -0.464 e. The van der Waals surface area contributed by atoms with Gasteiger partial charge in [0.2, 0.25) is 14.9 Å². The SMILES string of the molecule is CCOC(=O)[C@@H](CC)N1N=C(C(=O)N2CCCCCC2)S(=O)(=O)c2ccccc21. The molecule has 1 atom stereocenters. The first-order chi connectivity index (χ1) is 13.9.